The maximum atomic E-state index is 13.5. The summed E-state index contributed by atoms with van der Waals surface area (Å²) >= 11 is 0. The molecule has 1 N–H and O–H groups in total. The molecule has 2 aromatic carbocycles. The van der Waals surface area contributed by atoms with Gasteiger partial charge < -0.3 is 19.5 Å². The molecule has 28 heavy (non-hydrogen) atoms. The van der Waals surface area contributed by atoms with Crippen molar-refractivity contribution in [3.05, 3.63) is 57.4 Å². The third-order valence-electron chi connectivity index (χ3n) is 3.87. The number of ether oxygens (including phenoxy) is 3. The molecule has 0 saturated heterocycles. The number of nitrogens with one attached hydrogen (secondary N) is 1. The van der Waals surface area contributed by atoms with Crippen molar-refractivity contribution in [2.75, 3.05) is 25.1 Å². The average molecular weight is 390 g/mol. The molecule has 0 spiro atoms. The minimum Gasteiger partial charge on any atom is -0.486 e. The summed E-state index contributed by atoms with van der Waals surface area (Å²) in [7, 11) is 0. The van der Waals surface area contributed by atoms with Crippen LogP contribution in [0.4, 0.5) is 15.8 Å². The van der Waals surface area contributed by atoms with E-state index in [0.717, 1.165) is 18.2 Å². The number of esters is 1. The summed E-state index contributed by atoms with van der Waals surface area (Å²) in [5.41, 5.74) is -0.302. The van der Waals surface area contributed by atoms with Crippen LogP contribution >= 0.6 is 0 Å². The third-order valence-corrected chi connectivity index (χ3v) is 3.87. The van der Waals surface area contributed by atoms with Gasteiger partial charge in [0, 0.05) is 11.8 Å². The first-order valence-electron chi connectivity index (χ1n) is 8.16. The van der Waals surface area contributed by atoms with Crippen LogP contribution in [0.2, 0.25) is 0 Å². The second-order valence-electron chi connectivity index (χ2n) is 5.86. The molecular weight excluding hydrogens is 375 g/mol. The van der Waals surface area contributed by atoms with Gasteiger partial charge in [-0.25, -0.2) is 9.18 Å². The molecule has 10 heteroatoms. The number of benzene rings is 2. The molecule has 0 unspecified atom stereocenters. The summed E-state index contributed by atoms with van der Waals surface area (Å²) in [4.78, 5) is 34.6. The number of nitrogens with zero attached hydrogens (tertiary/aromatic N) is 1. The highest BCUT2D eigenvalue weighted by Gasteiger charge is 2.27. The average Bonchev–Trinajstić information content (AvgIpc) is 2.68. The molecule has 2 aromatic rings. The number of fused-ring (bicyclic) bond motifs is 1. The monoisotopic (exact) mass is 390 g/mol. The summed E-state index contributed by atoms with van der Waals surface area (Å²) in [6.07, 6.45) is 0. The number of amides is 1. The molecule has 146 valence electrons. The number of nitro groups is 1. The molecular formula is C18H15FN2O7. The van der Waals surface area contributed by atoms with Crippen LogP contribution in [0.3, 0.4) is 0 Å². The largest absolute Gasteiger partial charge is 0.486 e. The van der Waals surface area contributed by atoms with E-state index in [1.807, 2.05) is 0 Å². The molecule has 0 fully saturated rings. The van der Waals surface area contributed by atoms with Gasteiger partial charge in [0.15, 0.2) is 18.1 Å². The number of aryl methyl sites for hydroxylation is 1. The standard InChI is InChI=1S/C18H15FN2O7/c1-10-2-3-11(6-13(10)19)20-17(22)9-28-18(23)12-7-15-16(27-5-4-26-15)8-14(12)21(24)25/h2-3,6-8H,4-5,9H2,1H3,(H,20,22). The minimum atomic E-state index is -1.08. The van der Waals surface area contributed by atoms with Crippen LogP contribution in [0.15, 0.2) is 30.3 Å². The number of carbonyl (C=O) groups excluding carboxylic acids is 2. The smallest absolute Gasteiger partial charge is 0.345 e. The molecule has 0 atom stereocenters. The molecule has 0 saturated carbocycles. The Bertz CT molecular complexity index is 961. The fraction of sp³-hybridized carbons (Fsp3) is 0.222. The first kappa shape index (κ1) is 19.1. The van der Waals surface area contributed by atoms with Crippen molar-refractivity contribution in [3.8, 4) is 11.5 Å². The number of nitro benzene ring substituents is 1. The molecule has 0 aromatic heterocycles. The quantitative estimate of drug-likeness (QED) is 0.474. The van der Waals surface area contributed by atoms with Crippen molar-refractivity contribution >= 4 is 23.3 Å². The first-order chi connectivity index (χ1) is 13.3. The predicted octanol–water partition coefficient (Wildman–Crippen LogP) is 2.61. The van der Waals surface area contributed by atoms with Crippen LogP contribution in [0.25, 0.3) is 0 Å². The molecule has 1 amide bonds. The second-order valence-corrected chi connectivity index (χ2v) is 5.86. The number of anilines is 1. The van der Waals surface area contributed by atoms with E-state index < -0.39 is 34.9 Å². The lowest BCUT2D eigenvalue weighted by Crippen LogP contribution is -2.22. The Balaban J connectivity index is 1.69. The Morgan fingerprint density at radius 3 is 2.54 bits per heavy atom. The van der Waals surface area contributed by atoms with E-state index in [-0.39, 0.29) is 36.0 Å². The molecule has 1 aliphatic rings. The Morgan fingerprint density at radius 1 is 1.21 bits per heavy atom. The molecule has 0 bridgehead atoms. The van der Waals surface area contributed by atoms with Crippen LogP contribution in [0.1, 0.15) is 15.9 Å². The summed E-state index contributed by atoms with van der Waals surface area (Å²) in [6.45, 7) is 1.32. The van der Waals surface area contributed by atoms with Gasteiger partial charge >= 0.3 is 5.97 Å². The van der Waals surface area contributed by atoms with Gasteiger partial charge in [0.1, 0.15) is 24.6 Å². The number of hydrogen-bond acceptors (Lipinski definition) is 7. The van der Waals surface area contributed by atoms with Crippen LogP contribution in [-0.4, -0.2) is 36.6 Å². The molecule has 0 aliphatic carbocycles. The summed E-state index contributed by atoms with van der Waals surface area (Å²) in [6, 6.07) is 6.31. The SMILES string of the molecule is Cc1ccc(NC(=O)COC(=O)c2cc3c(cc2[N+](=O)[O-])OCCO3)cc1F. The zero-order valence-corrected chi connectivity index (χ0v) is 14.7. The predicted molar refractivity (Wildman–Crippen MR) is 94.1 cm³/mol. The second kappa shape index (κ2) is 7.91. The van der Waals surface area contributed by atoms with E-state index in [4.69, 9.17) is 14.2 Å². The van der Waals surface area contributed by atoms with Crippen molar-refractivity contribution < 1.29 is 33.1 Å². The maximum Gasteiger partial charge on any atom is 0.345 e. The minimum absolute atomic E-state index is 0.147. The Kier molecular flexibility index (Phi) is 5.39. The molecule has 1 heterocycles. The Hall–Kier alpha value is -3.69. The number of halogens is 1. The van der Waals surface area contributed by atoms with Gasteiger partial charge in [0.05, 0.1) is 11.0 Å². The van der Waals surface area contributed by atoms with Crippen molar-refractivity contribution in [1.82, 2.24) is 0 Å². The highest BCUT2D eigenvalue weighted by molar-refractivity contribution is 5.98. The lowest BCUT2D eigenvalue weighted by atomic mass is 10.1. The van der Waals surface area contributed by atoms with Gasteiger partial charge in [-0.2, -0.15) is 0 Å². The van der Waals surface area contributed by atoms with E-state index in [0.29, 0.717) is 5.56 Å². The lowest BCUT2D eigenvalue weighted by Gasteiger charge is -2.18. The Labute approximate surface area is 158 Å². The first-order valence-corrected chi connectivity index (χ1v) is 8.16. The van der Waals surface area contributed by atoms with E-state index in [1.54, 1.807) is 6.92 Å². The fourth-order valence-electron chi connectivity index (χ4n) is 2.47. The topological polar surface area (TPSA) is 117 Å². The van der Waals surface area contributed by atoms with Crippen molar-refractivity contribution in [3.63, 3.8) is 0 Å². The highest BCUT2D eigenvalue weighted by Crippen LogP contribution is 2.36. The van der Waals surface area contributed by atoms with E-state index in [1.165, 1.54) is 12.1 Å². The van der Waals surface area contributed by atoms with Gasteiger partial charge in [-0.3, -0.25) is 14.9 Å². The molecule has 3 rings (SSSR count). The van der Waals surface area contributed by atoms with Gasteiger partial charge in [-0.05, 0) is 24.6 Å². The van der Waals surface area contributed by atoms with Gasteiger partial charge in [-0.1, -0.05) is 6.07 Å². The summed E-state index contributed by atoms with van der Waals surface area (Å²) in [5.74, 6) is -1.98. The van der Waals surface area contributed by atoms with Crippen LogP contribution in [-0.2, 0) is 9.53 Å². The molecule has 1 aliphatic heterocycles. The van der Waals surface area contributed by atoms with Crippen LogP contribution in [0, 0.1) is 22.9 Å². The van der Waals surface area contributed by atoms with Gasteiger partial charge in [-0.15, -0.1) is 0 Å². The van der Waals surface area contributed by atoms with Gasteiger partial charge in [0.2, 0.25) is 0 Å². The van der Waals surface area contributed by atoms with Gasteiger partial charge in [0.25, 0.3) is 11.6 Å². The van der Waals surface area contributed by atoms with Crippen molar-refractivity contribution in [1.29, 1.82) is 0 Å². The van der Waals surface area contributed by atoms with E-state index in [2.05, 4.69) is 5.32 Å². The van der Waals surface area contributed by atoms with Crippen molar-refractivity contribution in [2.45, 2.75) is 6.92 Å². The normalized spacial score (nSPS) is 12.2. The van der Waals surface area contributed by atoms with E-state index >= 15 is 0 Å². The number of carbonyl (C=O) groups is 2. The highest BCUT2D eigenvalue weighted by atomic mass is 19.1. The zero-order chi connectivity index (χ0) is 20.3. The van der Waals surface area contributed by atoms with Crippen LogP contribution in [0.5, 0.6) is 11.5 Å². The third kappa shape index (κ3) is 4.17. The Morgan fingerprint density at radius 2 is 1.89 bits per heavy atom. The number of hydrogen-bond donors (Lipinski definition) is 1. The zero-order valence-electron chi connectivity index (χ0n) is 14.7. The number of rotatable bonds is 5. The maximum absolute atomic E-state index is 13.5. The van der Waals surface area contributed by atoms with E-state index in [9.17, 15) is 24.1 Å². The lowest BCUT2D eigenvalue weighted by molar-refractivity contribution is -0.385. The fourth-order valence-corrected chi connectivity index (χ4v) is 2.47. The molecule has 9 nitrogen and oxygen atoms in total. The molecule has 0 radical (unpaired) electrons. The van der Waals surface area contributed by atoms with Crippen molar-refractivity contribution in [2.24, 2.45) is 0 Å². The summed E-state index contributed by atoms with van der Waals surface area (Å²) < 4.78 is 28.9. The summed E-state index contributed by atoms with van der Waals surface area (Å²) in [5, 5.41) is 13.6. The van der Waals surface area contributed by atoms with Crippen LogP contribution < -0.4 is 14.8 Å².